The second-order valence-corrected chi connectivity index (χ2v) is 6.85. The van der Waals surface area contributed by atoms with Crippen molar-refractivity contribution in [3.63, 3.8) is 0 Å². The molecular formula is C19H27N5O3. The van der Waals surface area contributed by atoms with Crippen LogP contribution in [0.3, 0.4) is 0 Å². The van der Waals surface area contributed by atoms with Crippen molar-refractivity contribution in [2.45, 2.75) is 45.3 Å². The van der Waals surface area contributed by atoms with Gasteiger partial charge >= 0.3 is 6.03 Å². The molecule has 1 aliphatic rings. The number of amides is 2. The first kappa shape index (κ1) is 19.2. The number of urea groups is 1. The van der Waals surface area contributed by atoms with Crippen molar-refractivity contribution in [2.75, 3.05) is 25.1 Å². The summed E-state index contributed by atoms with van der Waals surface area (Å²) in [5.74, 6) is 1.63. The quantitative estimate of drug-likeness (QED) is 0.743. The lowest BCUT2D eigenvalue weighted by Crippen LogP contribution is -2.31. The van der Waals surface area contributed by atoms with Gasteiger partial charge in [-0.1, -0.05) is 0 Å². The molecule has 2 N–H and O–H groups in total. The highest BCUT2D eigenvalue weighted by atomic mass is 16.5. The Bertz CT molecular complexity index is 723. The number of nitrogens with zero attached hydrogens (tertiary/aromatic N) is 3. The minimum Gasteiger partial charge on any atom is -0.491 e. The van der Waals surface area contributed by atoms with Crippen molar-refractivity contribution in [1.82, 2.24) is 20.1 Å². The Balaban J connectivity index is 1.39. The van der Waals surface area contributed by atoms with E-state index in [0.717, 1.165) is 31.0 Å². The molecule has 27 heavy (non-hydrogen) atoms. The van der Waals surface area contributed by atoms with E-state index in [0.29, 0.717) is 31.3 Å². The Morgan fingerprint density at radius 1 is 1.37 bits per heavy atom. The molecule has 2 amide bonds. The van der Waals surface area contributed by atoms with Crippen LogP contribution in [0.1, 0.15) is 38.6 Å². The Kier molecular flexibility index (Phi) is 6.64. The van der Waals surface area contributed by atoms with Gasteiger partial charge in [-0.25, -0.2) is 4.79 Å². The van der Waals surface area contributed by atoms with Gasteiger partial charge in [0.25, 0.3) is 0 Å². The van der Waals surface area contributed by atoms with Crippen molar-refractivity contribution >= 4 is 11.7 Å². The largest absolute Gasteiger partial charge is 0.491 e. The molecule has 0 spiro atoms. The van der Waals surface area contributed by atoms with Gasteiger partial charge in [-0.3, -0.25) is 0 Å². The number of carbonyl (C=O) groups excluding carboxylic acids is 1. The van der Waals surface area contributed by atoms with Gasteiger partial charge in [-0.2, -0.15) is 0 Å². The molecule has 1 aliphatic heterocycles. The molecule has 1 fully saturated rings. The van der Waals surface area contributed by atoms with Crippen LogP contribution in [0.2, 0.25) is 0 Å². The van der Waals surface area contributed by atoms with Gasteiger partial charge in [0.2, 0.25) is 0 Å². The summed E-state index contributed by atoms with van der Waals surface area (Å²) in [7, 11) is 0. The molecular weight excluding hydrogens is 346 g/mol. The number of nitrogens with one attached hydrogen (secondary N) is 2. The van der Waals surface area contributed by atoms with E-state index in [1.165, 1.54) is 0 Å². The van der Waals surface area contributed by atoms with Crippen LogP contribution in [-0.4, -0.2) is 46.7 Å². The highest BCUT2D eigenvalue weighted by Gasteiger charge is 2.16. The maximum Gasteiger partial charge on any atom is 0.319 e. The summed E-state index contributed by atoms with van der Waals surface area (Å²) in [6, 6.07) is 7.37. The van der Waals surface area contributed by atoms with Crippen molar-refractivity contribution in [3.8, 4) is 5.75 Å². The molecule has 8 heteroatoms. The van der Waals surface area contributed by atoms with E-state index in [9.17, 15) is 4.79 Å². The molecule has 2 aromatic rings. The van der Waals surface area contributed by atoms with Crippen LogP contribution in [-0.2, 0) is 11.2 Å². The Morgan fingerprint density at radius 2 is 2.19 bits per heavy atom. The monoisotopic (exact) mass is 373 g/mol. The van der Waals surface area contributed by atoms with Gasteiger partial charge in [0, 0.05) is 31.3 Å². The van der Waals surface area contributed by atoms with E-state index in [1.54, 1.807) is 6.33 Å². The van der Waals surface area contributed by atoms with E-state index in [1.807, 2.05) is 28.8 Å². The van der Waals surface area contributed by atoms with Gasteiger partial charge in [-0.05, 0) is 51.0 Å². The first-order valence-corrected chi connectivity index (χ1v) is 9.39. The third kappa shape index (κ3) is 5.68. The summed E-state index contributed by atoms with van der Waals surface area (Å²) in [6.07, 6.45) is 4.68. The minimum absolute atomic E-state index is 0.190. The van der Waals surface area contributed by atoms with E-state index >= 15 is 0 Å². The van der Waals surface area contributed by atoms with E-state index in [2.05, 4.69) is 34.7 Å². The summed E-state index contributed by atoms with van der Waals surface area (Å²) >= 11 is 0. The molecule has 1 atom stereocenters. The standard InChI is InChI=1S/C19H27N5O3/c1-14(2)24-13-21-23-18(24)9-10-20-19(25)22-15-5-7-16(8-6-15)27-12-17-4-3-11-26-17/h5-8,13-14,17H,3-4,9-12H2,1-2H3,(H2,20,22,25)/t17-/m1/s1. The maximum atomic E-state index is 12.0. The lowest BCUT2D eigenvalue weighted by Gasteiger charge is -2.12. The lowest BCUT2D eigenvalue weighted by atomic mass is 10.2. The van der Waals surface area contributed by atoms with Crippen LogP contribution in [0.5, 0.6) is 5.75 Å². The number of ether oxygens (including phenoxy) is 2. The SMILES string of the molecule is CC(C)n1cnnc1CCNC(=O)Nc1ccc(OC[C@H]2CCCO2)cc1. The van der Waals surface area contributed by atoms with Crippen LogP contribution in [0.4, 0.5) is 10.5 Å². The number of benzene rings is 1. The molecule has 0 radical (unpaired) electrons. The summed E-state index contributed by atoms with van der Waals surface area (Å²) < 4.78 is 13.2. The second kappa shape index (κ2) is 9.36. The van der Waals surface area contributed by atoms with Gasteiger partial charge in [0.05, 0.1) is 6.10 Å². The number of carbonyl (C=O) groups is 1. The van der Waals surface area contributed by atoms with Gasteiger partial charge < -0.3 is 24.7 Å². The zero-order chi connectivity index (χ0) is 19.1. The number of rotatable bonds is 8. The molecule has 1 saturated heterocycles. The summed E-state index contributed by atoms with van der Waals surface area (Å²) in [5, 5.41) is 13.7. The number of hydrogen-bond donors (Lipinski definition) is 2. The highest BCUT2D eigenvalue weighted by Crippen LogP contribution is 2.18. The first-order chi connectivity index (χ1) is 13.1. The zero-order valence-corrected chi connectivity index (χ0v) is 15.9. The van der Waals surface area contributed by atoms with E-state index in [-0.39, 0.29) is 12.1 Å². The predicted octanol–water partition coefficient (Wildman–Crippen LogP) is 2.78. The average molecular weight is 373 g/mol. The molecule has 0 unspecified atom stereocenters. The molecule has 0 bridgehead atoms. The average Bonchev–Trinajstić information content (AvgIpc) is 3.33. The zero-order valence-electron chi connectivity index (χ0n) is 15.9. The molecule has 1 aromatic heterocycles. The van der Waals surface area contributed by atoms with Gasteiger partial charge in [0.1, 0.15) is 24.5 Å². The molecule has 1 aromatic carbocycles. The predicted molar refractivity (Wildman–Crippen MR) is 102 cm³/mol. The first-order valence-electron chi connectivity index (χ1n) is 9.39. The Labute approximate surface area is 159 Å². The van der Waals surface area contributed by atoms with Crippen LogP contribution in [0, 0.1) is 0 Å². The van der Waals surface area contributed by atoms with Gasteiger partial charge in [0.15, 0.2) is 0 Å². The van der Waals surface area contributed by atoms with Crippen molar-refractivity contribution in [1.29, 1.82) is 0 Å². The lowest BCUT2D eigenvalue weighted by molar-refractivity contribution is 0.0679. The summed E-state index contributed by atoms with van der Waals surface area (Å²) in [6.45, 7) is 6.01. The number of aromatic nitrogens is 3. The van der Waals surface area contributed by atoms with Crippen molar-refractivity contribution < 1.29 is 14.3 Å². The smallest absolute Gasteiger partial charge is 0.319 e. The summed E-state index contributed by atoms with van der Waals surface area (Å²) in [4.78, 5) is 12.0. The van der Waals surface area contributed by atoms with Crippen LogP contribution in [0.25, 0.3) is 0 Å². The molecule has 8 nitrogen and oxygen atoms in total. The molecule has 146 valence electrons. The van der Waals surface area contributed by atoms with Gasteiger partial charge in [-0.15, -0.1) is 10.2 Å². The van der Waals surface area contributed by atoms with Crippen LogP contribution < -0.4 is 15.4 Å². The Morgan fingerprint density at radius 3 is 2.89 bits per heavy atom. The number of anilines is 1. The highest BCUT2D eigenvalue weighted by molar-refractivity contribution is 5.89. The van der Waals surface area contributed by atoms with E-state index in [4.69, 9.17) is 9.47 Å². The second-order valence-electron chi connectivity index (χ2n) is 6.85. The fraction of sp³-hybridized carbons (Fsp3) is 0.526. The molecule has 2 heterocycles. The fourth-order valence-corrected chi connectivity index (χ4v) is 2.94. The molecule has 0 saturated carbocycles. The summed E-state index contributed by atoms with van der Waals surface area (Å²) in [5.41, 5.74) is 0.710. The van der Waals surface area contributed by atoms with E-state index < -0.39 is 0 Å². The third-order valence-electron chi connectivity index (χ3n) is 4.41. The minimum atomic E-state index is -0.251. The Hall–Kier alpha value is -2.61. The topological polar surface area (TPSA) is 90.3 Å². The fourth-order valence-electron chi connectivity index (χ4n) is 2.94. The number of hydrogen-bond acceptors (Lipinski definition) is 5. The van der Waals surface area contributed by atoms with Crippen molar-refractivity contribution in [3.05, 3.63) is 36.4 Å². The third-order valence-corrected chi connectivity index (χ3v) is 4.41. The van der Waals surface area contributed by atoms with Crippen molar-refractivity contribution in [2.24, 2.45) is 0 Å². The normalized spacial score (nSPS) is 16.5. The molecule has 0 aliphatic carbocycles. The molecule has 3 rings (SSSR count). The van der Waals surface area contributed by atoms with Crippen LogP contribution >= 0.6 is 0 Å². The van der Waals surface area contributed by atoms with Crippen LogP contribution in [0.15, 0.2) is 30.6 Å². The maximum absolute atomic E-state index is 12.0.